The molecule has 152 valence electrons. The molecule has 0 radical (unpaired) electrons. The van der Waals surface area contributed by atoms with E-state index in [2.05, 4.69) is 20.5 Å². The zero-order valence-electron chi connectivity index (χ0n) is 16.6. The Labute approximate surface area is 177 Å². The number of hydrogen-bond donors (Lipinski definition) is 2. The van der Waals surface area contributed by atoms with Gasteiger partial charge in [-0.1, -0.05) is 53.4 Å². The quantitative estimate of drug-likeness (QED) is 0.313. The van der Waals surface area contributed by atoms with Crippen LogP contribution in [0, 0.1) is 13.8 Å². The van der Waals surface area contributed by atoms with Crippen molar-refractivity contribution in [2.45, 2.75) is 36.9 Å². The van der Waals surface area contributed by atoms with Crippen LogP contribution in [-0.2, 0) is 11.3 Å². The molecule has 0 saturated heterocycles. The van der Waals surface area contributed by atoms with Gasteiger partial charge in [-0.2, -0.15) is 0 Å². The first kappa shape index (κ1) is 21.1. The topological polar surface area (TPSA) is 97.0 Å². The molecule has 0 aliphatic heterocycles. The number of nitrogens with zero attached hydrogens (tertiary/aromatic N) is 2. The smallest absolute Gasteiger partial charge is 0.339 e. The second-order valence-corrected chi connectivity index (χ2v) is 9.02. The van der Waals surface area contributed by atoms with E-state index in [0.717, 1.165) is 5.56 Å². The van der Waals surface area contributed by atoms with Gasteiger partial charge < -0.3 is 15.0 Å². The monoisotopic (exact) mass is 430 g/mol. The summed E-state index contributed by atoms with van der Waals surface area (Å²) in [5.41, 5.74) is 3.22. The number of hydrogen-bond acceptors (Lipinski definition) is 8. The Kier molecular flexibility index (Phi) is 6.71. The number of aromatic nitrogens is 3. The summed E-state index contributed by atoms with van der Waals surface area (Å²) in [6.45, 7) is 5.98. The van der Waals surface area contributed by atoms with E-state index in [4.69, 9.17) is 4.74 Å². The average Bonchev–Trinajstić information content (AvgIpc) is 3.29. The van der Waals surface area contributed by atoms with Crippen molar-refractivity contribution < 1.29 is 14.3 Å². The van der Waals surface area contributed by atoms with Gasteiger partial charge in [0.2, 0.25) is 5.13 Å². The van der Waals surface area contributed by atoms with Crippen LogP contribution in [0.2, 0.25) is 0 Å². The van der Waals surface area contributed by atoms with E-state index in [1.807, 2.05) is 37.3 Å². The SMILES string of the molecule is COC(=O)c1c(C)[nH]c(C(=O)[C@H](C)Sc2nnc(NCc3ccccc3)s2)c1C. The zero-order chi connectivity index (χ0) is 21.0. The van der Waals surface area contributed by atoms with Gasteiger partial charge in [-0.05, 0) is 31.9 Å². The average molecular weight is 431 g/mol. The number of carbonyl (C=O) groups excluding carboxylic acids is 2. The number of methoxy groups -OCH3 is 1. The van der Waals surface area contributed by atoms with E-state index in [0.29, 0.717) is 38.5 Å². The van der Waals surface area contributed by atoms with Gasteiger partial charge in [0, 0.05) is 12.2 Å². The minimum atomic E-state index is -0.450. The van der Waals surface area contributed by atoms with Crippen molar-refractivity contribution in [1.82, 2.24) is 15.2 Å². The van der Waals surface area contributed by atoms with E-state index in [1.165, 1.54) is 30.2 Å². The first-order valence-electron chi connectivity index (χ1n) is 9.00. The highest BCUT2D eigenvalue weighted by Crippen LogP contribution is 2.31. The van der Waals surface area contributed by atoms with Crippen molar-refractivity contribution in [3.05, 3.63) is 58.4 Å². The molecule has 3 aromatic rings. The fourth-order valence-corrected chi connectivity index (χ4v) is 4.87. The highest BCUT2D eigenvalue weighted by atomic mass is 32.2. The lowest BCUT2D eigenvalue weighted by Gasteiger charge is -2.07. The number of ketones is 1. The molecular formula is C20H22N4O3S2. The second kappa shape index (κ2) is 9.23. The van der Waals surface area contributed by atoms with Crippen LogP contribution in [0.4, 0.5) is 5.13 Å². The number of nitrogens with one attached hydrogen (secondary N) is 2. The fraction of sp³-hybridized carbons (Fsp3) is 0.300. The van der Waals surface area contributed by atoms with Gasteiger partial charge in [0.15, 0.2) is 10.1 Å². The fourth-order valence-electron chi connectivity index (χ4n) is 2.92. The molecule has 2 heterocycles. The Morgan fingerprint density at radius 1 is 1.24 bits per heavy atom. The third-order valence-electron chi connectivity index (χ3n) is 4.41. The van der Waals surface area contributed by atoms with Gasteiger partial charge >= 0.3 is 5.97 Å². The molecule has 1 aromatic carbocycles. The lowest BCUT2D eigenvalue weighted by atomic mass is 10.1. The van der Waals surface area contributed by atoms with Gasteiger partial charge in [0.05, 0.1) is 23.6 Å². The molecule has 1 atom stereocenters. The maximum absolute atomic E-state index is 12.9. The normalized spacial score (nSPS) is 11.9. The van der Waals surface area contributed by atoms with E-state index < -0.39 is 5.97 Å². The van der Waals surface area contributed by atoms with Crippen LogP contribution in [0.1, 0.15) is 44.6 Å². The van der Waals surface area contributed by atoms with E-state index in [-0.39, 0.29) is 11.0 Å². The van der Waals surface area contributed by atoms with E-state index in [1.54, 1.807) is 13.8 Å². The van der Waals surface area contributed by atoms with Crippen molar-refractivity contribution in [1.29, 1.82) is 0 Å². The maximum atomic E-state index is 12.9. The summed E-state index contributed by atoms with van der Waals surface area (Å²) in [7, 11) is 1.33. The van der Waals surface area contributed by atoms with Crippen LogP contribution >= 0.6 is 23.1 Å². The molecule has 0 saturated carbocycles. The van der Waals surface area contributed by atoms with E-state index in [9.17, 15) is 9.59 Å². The van der Waals surface area contributed by atoms with Crippen LogP contribution in [0.5, 0.6) is 0 Å². The van der Waals surface area contributed by atoms with Gasteiger partial charge in [-0.3, -0.25) is 4.79 Å². The maximum Gasteiger partial charge on any atom is 0.339 e. The minimum Gasteiger partial charge on any atom is -0.465 e. The Bertz CT molecular complexity index is 1010. The number of Topliss-reactive ketones (excluding diaryl/α,β-unsaturated/α-hetero) is 1. The third kappa shape index (κ3) is 4.86. The molecule has 29 heavy (non-hydrogen) atoms. The number of benzene rings is 1. The molecule has 0 amide bonds. The highest BCUT2D eigenvalue weighted by molar-refractivity contribution is 8.02. The standard InChI is InChI=1S/C20H22N4O3S2/c1-11-15(18(26)27-4)12(2)22-16(11)17(25)13(3)28-20-24-23-19(29-20)21-10-14-8-6-5-7-9-14/h5-9,13,22H,10H2,1-4H3,(H,21,23)/t13-/m0/s1. The molecule has 3 rings (SSSR count). The predicted octanol–water partition coefficient (Wildman–Crippen LogP) is 4.25. The summed E-state index contributed by atoms with van der Waals surface area (Å²) >= 11 is 2.75. The summed E-state index contributed by atoms with van der Waals surface area (Å²) < 4.78 is 5.51. The van der Waals surface area contributed by atoms with Crippen molar-refractivity contribution in [3.8, 4) is 0 Å². The van der Waals surface area contributed by atoms with Crippen LogP contribution in [0.25, 0.3) is 0 Å². The molecule has 0 unspecified atom stereocenters. The summed E-state index contributed by atoms with van der Waals surface area (Å²) in [5.74, 6) is -0.548. The number of anilines is 1. The molecular weight excluding hydrogens is 408 g/mol. The molecule has 0 bridgehead atoms. The number of H-pyrrole nitrogens is 1. The molecule has 0 aliphatic carbocycles. The number of aryl methyl sites for hydroxylation is 1. The zero-order valence-corrected chi connectivity index (χ0v) is 18.2. The number of ether oxygens (including phenoxy) is 1. The summed E-state index contributed by atoms with van der Waals surface area (Å²) in [6, 6.07) is 10.0. The number of esters is 1. The third-order valence-corrected chi connectivity index (χ3v) is 6.48. The first-order chi connectivity index (χ1) is 13.9. The van der Waals surface area contributed by atoms with Crippen LogP contribution in [-0.4, -0.2) is 39.3 Å². The second-order valence-electron chi connectivity index (χ2n) is 6.45. The summed E-state index contributed by atoms with van der Waals surface area (Å²) in [4.78, 5) is 27.9. The van der Waals surface area contributed by atoms with Gasteiger partial charge in [0.25, 0.3) is 0 Å². The Hall–Kier alpha value is -2.65. The molecule has 2 N–H and O–H groups in total. The number of thioether (sulfide) groups is 1. The molecule has 7 nitrogen and oxygen atoms in total. The molecule has 0 aliphatic rings. The van der Waals surface area contributed by atoms with Crippen LogP contribution in [0.15, 0.2) is 34.7 Å². The van der Waals surface area contributed by atoms with Crippen molar-refractivity contribution in [3.63, 3.8) is 0 Å². The van der Waals surface area contributed by atoms with E-state index >= 15 is 0 Å². The van der Waals surface area contributed by atoms with Gasteiger partial charge in [-0.25, -0.2) is 4.79 Å². The largest absolute Gasteiger partial charge is 0.465 e. The Balaban J connectivity index is 1.65. The van der Waals surface area contributed by atoms with Crippen molar-refractivity contribution in [2.75, 3.05) is 12.4 Å². The van der Waals surface area contributed by atoms with Gasteiger partial charge in [0.1, 0.15) is 0 Å². The van der Waals surface area contributed by atoms with Gasteiger partial charge in [-0.15, -0.1) is 10.2 Å². The lowest BCUT2D eigenvalue weighted by Crippen LogP contribution is -2.15. The Morgan fingerprint density at radius 3 is 2.66 bits per heavy atom. The van der Waals surface area contributed by atoms with Crippen molar-refractivity contribution >= 4 is 40.0 Å². The lowest BCUT2D eigenvalue weighted by molar-refractivity contribution is 0.0599. The number of rotatable bonds is 8. The predicted molar refractivity (Wildman–Crippen MR) is 115 cm³/mol. The summed E-state index contributed by atoms with van der Waals surface area (Å²) in [6.07, 6.45) is 0. The highest BCUT2D eigenvalue weighted by Gasteiger charge is 2.26. The number of carbonyl (C=O) groups is 2. The first-order valence-corrected chi connectivity index (χ1v) is 10.7. The van der Waals surface area contributed by atoms with Crippen molar-refractivity contribution in [2.24, 2.45) is 0 Å². The molecule has 0 spiro atoms. The summed E-state index contributed by atoms with van der Waals surface area (Å²) in [5, 5.41) is 11.9. The minimum absolute atomic E-state index is 0.0975. The molecule has 9 heteroatoms. The number of aromatic amines is 1. The van der Waals surface area contributed by atoms with Crippen LogP contribution < -0.4 is 5.32 Å². The molecule has 2 aromatic heterocycles. The van der Waals surface area contributed by atoms with Crippen LogP contribution in [0.3, 0.4) is 0 Å². The molecule has 0 fully saturated rings. The Morgan fingerprint density at radius 2 is 1.97 bits per heavy atom.